The van der Waals surface area contributed by atoms with Crippen molar-refractivity contribution in [3.63, 3.8) is 0 Å². The van der Waals surface area contributed by atoms with Crippen molar-refractivity contribution in [2.24, 2.45) is 0 Å². The molecule has 16 heavy (non-hydrogen) atoms. The number of hydrogen-bond donors (Lipinski definition) is 2. The van der Waals surface area contributed by atoms with Crippen molar-refractivity contribution in [3.05, 3.63) is 22.7 Å². The van der Waals surface area contributed by atoms with Gasteiger partial charge in [-0.3, -0.25) is 4.57 Å². The molecule has 0 aromatic carbocycles. The van der Waals surface area contributed by atoms with E-state index in [2.05, 4.69) is 17.6 Å². The molecule has 0 aliphatic rings. The first-order chi connectivity index (χ1) is 7.69. The maximum atomic E-state index is 11.5. The van der Waals surface area contributed by atoms with Gasteiger partial charge < -0.3 is 15.2 Å². The number of ether oxygens (including phenoxy) is 2. The van der Waals surface area contributed by atoms with Crippen LogP contribution in [0.1, 0.15) is 6.23 Å². The number of nitrogens with two attached hydrogens (primary N) is 1. The molecule has 0 spiro atoms. The lowest BCUT2D eigenvalue weighted by Gasteiger charge is -2.17. The molecule has 6 nitrogen and oxygen atoms in total. The average molecular weight is 245 g/mol. The molecule has 7 heteroatoms. The number of hydrogen-bond acceptors (Lipinski definition) is 6. The predicted molar refractivity (Wildman–Crippen MR) is 63.6 cm³/mol. The Morgan fingerprint density at radius 1 is 1.62 bits per heavy atom. The lowest BCUT2D eigenvalue weighted by molar-refractivity contribution is -0.0106. The molecule has 1 rings (SSSR count). The van der Waals surface area contributed by atoms with Gasteiger partial charge in [0.2, 0.25) is 0 Å². The Morgan fingerprint density at radius 3 is 2.94 bits per heavy atom. The van der Waals surface area contributed by atoms with Crippen LogP contribution in [-0.2, 0) is 9.47 Å². The van der Waals surface area contributed by atoms with Gasteiger partial charge in [-0.05, 0) is 6.07 Å². The summed E-state index contributed by atoms with van der Waals surface area (Å²) in [6, 6.07) is 1.54. The lowest BCUT2D eigenvalue weighted by atomic mass is 10.5. The minimum absolute atomic E-state index is 0.191. The Morgan fingerprint density at radius 2 is 2.38 bits per heavy atom. The molecule has 1 atom stereocenters. The van der Waals surface area contributed by atoms with E-state index in [1.165, 1.54) is 10.6 Å². The highest BCUT2D eigenvalue weighted by Crippen LogP contribution is 2.07. The predicted octanol–water partition coefficient (Wildman–Crippen LogP) is -0.0831. The fourth-order valence-electron chi connectivity index (χ4n) is 1.13. The summed E-state index contributed by atoms with van der Waals surface area (Å²) in [5, 5.41) is 0. The Kier molecular flexibility index (Phi) is 5.30. The lowest BCUT2D eigenvalue weighted by Crippen LogP contribution is -2.30. The van der Waals surface area contributed by atoms with Gasteiger partial charge in [0, 0.05) is 19.1 Å². The molecule has 1 heterocycles. The topological polar surface area (TPSA) is 79.4 Å². The molecular formula is C9H15N3O3S. The zero-order valence-electron chi connectivity index (χ0n) is 9.00. The van der Waals surface area contributed by atoms with Crippen molar-refractivity contribution in [3.8, 4) is 0 Å². The second-order valence-electron chi connectivity index (χ2n) is 3.04. The number of nitrogen functional groups attached to an aromatic ring is 1. The van der Waals surface area contributed by atoms with Crippen molar-refractivity contribution in [1.82, 2.24) is 9.55 Å². The molecular weight excluding hydrogens is 230 g/mol. The van der Waals surface area contributed by atoms with Crippen LogP contribution in [0, 0.1) is 0 Å². The molecule has 0 bridgehead atoms. The van der Waals surface area contributed by atoms with Crippen LogP contribution in [0.3, 0.4) is 0 Å². The third kappa shape index (κ3) is 3.51. The van der Waals surface area contributed by atoms with E-state index in [4.69, 9.17) is 15.2 Å². The number of thiol groups is 1. The van der Waals surface area contributed by atoms with E-state index in [0.29, 0.717) is 19.0 Å². The van der Waals surface area contributed by atoms with Crippen LogP contribution in [0.25, 0.3) is 0 Å². The van der Waals surface area contributed by atoms with Gasteiger partial charge in [0.25, 0.3) is 0 Å². The fourth-order valence-corrected chi connectivity index (χ4v) is 1.41. The monoisotopic (exact) mass is 245 g/mol. The summed E-state index contributed by atoms with van der Waals surface area (Å²) in [6.07, 6.45) is 1.08. The van der Waals surface area contributed by atoms with Crippen molar-refractivity contribution in [1.29, 1.82) is 0 Å². The van der Waals surface area contributed by atoms with E-state index in [0.717, 1.165) is 0 Å². The molecule has 90 valence electrons. The van der Waals surface area contributed by atoms with Gasteiger partial charge in [-0.15, -0.1) is 0 Å². The number of methoxy groups -OCH3 is 1. The summed E-state index contributed by atoms with van der Waals surface area (Å²) in [4.78, 5) is 15.1. The fraction of sp³-hybridized carbons (Fsp3) is 0.556. The first-order valence-corrected chi connectivity index (χ1v) is 5.38. The first-order valence-electron chi connectivity index (χ1n) is 4.75. The van der Waals surface area contributed by atoms with Gasteiger partial charge in [-0.2, -0.15) is 17.6 Å². The zero-order chi connectivity index (χ0) is 12.0. The van der Waals surface area contributed by atoms with E-state index in [1.807, 2.05) is 0 Å². The van der Waals surface area contributed by atoms with E-state index in [9.17, 15) is 4.79 Å². The van der Waals surface area contributed by atoms with Gasteiger partial charge in [0.1, 0.15) is 12.0 Å². The average Bonchev–Trinajstić information content (AvgIpc) is 2.26. The number of nitrogens with zero attached hydrogens (tertiary/aromatic N) is 2. The van der Waals surface area contributed by atoms with Crippen LogP contribution in [0.15, 0.2) is 17.1 Å². The molecule has 1 aromatic heterocycles. The largest absolute Gasteiger partial charge is 0.383 e. The van der Waals surface area contributed by atoms with Crippen LogP contribution in [0.5, 0.6) is 0 Å². The van der Waals surface area contributed by atoms with Gasteiger partial charge in [-0.1, -0.05) is 0 Å². The Bertz CT molecular complexity index is 383. The molecule has 0 amide bonds. The third-order valence-electron chi connectivity index (χ3n) is 1.92. The summed E-state index contributed by atoms with van der Waals surface area (Å²) >= 11 is 4.12. The second kappa shape index (κ2) is 6.51. The number of rotatable bonds is 6. The summed E-state index contributed by atoms with van der Waals surface area (Å²) in [6.45, 7) is 0.847. The highest BCUT2D eigenvalue weighted by molar-refractivity contribution is 7.80. The van der Waals surface area contributed by atoms with Crippen LogP contribution < -0.4 is 11.4 Å². The minimum atomic E-state index is -0.459. The smallest absolute Gasteiger partial charge is 0.351 e. The summed E-state index contributed by atoms with van der Waals surface area (Å²) in [5.41, 5.74) is 4.94. The maximum Gasteiger partial charge on any atom is 0.351 e. The van der Waals surface area contributed by atoms with Crippen LogP contribution >= 0.6 is 12.6 Å². The molecule has 0 unspecified atom stereocenters. The molecule has 0 radical (unpaired) electrons. The second-order valence-corrected chi connectivity index (χ2v) is 3.41. The Labute approximate surface area is 98.8 Å². The van der Waals surface area contributed by atoms with Crippen LogP contribution in [0.2, 0.25) is 0 Å². The molecule has 2 N–H and O–H groups in total. The van der Waals surface area contributed by atoms with E-state index in [-0.39, 0.29) is 5.82 Å². The molecule has 0 aliphatic carbocycles. The summed E-state index contributed by atoms with van der Waals surface area (Å²) in [5.74, 6) is 0.561. The van der Waals surface area contributed by atoms with Crippen molar-refractivity contribution < 1.29 is 9.47 Å². The normalized spacial score (nSPS) is 12.6. The molecule has 0 saturated heterocycles. The molecule has 0 aliphatic heterocycles. The standard InChI is InChI=1S/C9H15N3O3S/c1-14-4-5-15-8(6-16)12-3-2-7(10)11-9(12)13/h2-3,8,16H,4-6H2,1H3,(H2,10,11,13)/t8-/m1/s1. The molecule has 1 aromatic rings. The SMILES string of the molecule is COCCO[C@H](CS)n1ccc(N)nc1=O. The van der Waals surface area contributed by atoms with Crippen molar-refractivity contribution in [2.45, 2.75) is 6.23 Å². The van der Waals surface area contributed by atoms with Crippen molar-refractivity contribution in [2.75, 3.05) is 31.8 Å². The van der Waals surface area contributed by atoms with Gasteiger partial charge in [0.05, 0.1) is 13.2 Å². The minimum Gasteiger partial charge on any atom is -0.383 e. The van der Waals surface area contributed by atoms with Crippen LogP contribution in [-0.4, -0.2) is 35.6 Å². The Balaban J connectivity index is 2.74. The van der Waals surface area contributed by atoms with Crippen molar-refractivity contribution >= 4 is 18.4 Å². The van der Waals surface area contributed by atoms with Gasteiger partial charge >= 0.3 is 5.69 Å². The van der Waals surface area contributed by atoms with Gasteiger partial charge in [-0.25, -0.2) is 4.79 Å². The number of anilines is 1. The molecule has 0 fully saturated rings. The van der Waals surface area contributed by atoms with Crippen LogP contribution in [0.4, 0.5) is 5.82 Å². The zero-order valence-corrected chi connectivity index (χ0v) is 9.89. The number of aromatic nitrogens is 2. The summed E-state index contributed by atoms with van der Waals surface area (Å²) < 4.78 is 11.6. The van der Waals surface area contributed by atoms with Gasteiger partial charge in [0.15, 0.2) is 0 Å². The summed E-state index contributed by atoms with van der Waals surface area (Å²) in [7, 11) is 1.58. The Hall–Kier alpha value is -1.05. The first kappa shape index (κ1) is 13.0. The van der Waals surface area contributed by atoms with E-state index in [1.54, 1.807) is 13.3 Å². The van der Waals surface area contributed by atoms with E-state index < -0.39 is 11.9 Å². The highest BCUT2D eigenvalue weighted by atomic mass is 32.1. The molecule has 0 saturated carbocycles. The maximum absolute atomic E-state index is 11.5. The third-order valence-corrected chi connectivity index (χ3v) is 2.23. The highest BCUT2D eigenvalue weighted by Gasteiger charge is 2.11. The quantitative estimate of drug-likeness (QED) is 0.541. The van der Waals surface area contributed by atoms with E-state index >= 15 is 0 Å².